The van der Waals surface area contributed by atoms with Gasteiger partial charge in [0, 0.05) is 20.1 Å². The minimum absolute atomic E-state index is 0.213. The lowest BCUT2D eigenvalue weighted by molar-refractivity contribution is -0.144. The summed E-state index contributed by atoms with van der Waals surface area (Å²) >= 11 is 6.05. The normalized spacial score (nSPS) is 18.8. The van der Waals surface area contributed by atoms with Crippen LogP contribution in [0.15, 0.2) is 6.33 Å². The molecule has 1 atom stereocenters. The second kappa shape index (κ2) is 6.71. The van der Waals surface area contributed by atoms with Crippen molar-refractivity contribution in [3.05, 3.63) is 11.5 Å². The lowest BCUT2D eigenvalue weighted by Crippen LogP contribution is -2.44. The van der Waals surface area contributed by atoms with Gasteiger partial charge >= 0.3 is 5.97 Å². The number of nitrogens with zero attached hydrogens (tertiary/aromatic N) is 3. The zero-order chi connectivity index (χ0) is 14.5. The van der Waals surface area contributed by atoms with Crippen LogP contribution in [0.2, 0.25) is 5.15 Å². The molecular weight excluding hydrogens is 284 g/mol. The first-order valence-electron chi connectivity index (χ1n) is 6.27. The highest BCUT2D eigenvalue weighted by Gasteiger charge is 2.26. The van der Waals surface area contributed by atoms with E-state index in [1.54, 1.807) is 7.05 Å². The summed E-state index contributed by atoms with van der Waals surface area (Å²) in [7, 11) is 3.13. The summed E-state index contributed by atoms with van der Waals surface area (Å²) in [6.45, 7) is 1.75. The topological polar surface area (TPSA) is 76.6 Å². The van der Waals surface area contributed by atoms with Gasteiger partial charge < -0.3 is 19.7 Å². The SMILES string of the molecule is CNc1c(Cl)ncnc1N1CCOC(CC(=O)OC)C1. The van der Waals surface area contributed by atoms with Crippen molar-refractivity contribution in [1.82, 2.24) is 9.97 Å². The molecule has 20 heavy (non-hydrogen) atoms. The van der Waals surface area contributed by atoms with Crippen molar-refractivity contribution in [2.45, 2.75) is 12.5 Å². The summed E-state index contributed by atoms with van der Waals surface area (Å²) in [4.78, 5) is 21.6. The Morgan fingerprint density at radius 2 is 2.45 bits per heavy atom. The maximum Gasteiger partial charge on any atom is 0.308 e. The van der Waals surface area contributed by atoms with Crippen molar-refractivity contribution in [2.75, 3.05) is 44.1 Å². The Morgan fingerprint density at radius 3 is 3.15 bits per heavy atom. The molecule has 1 fully saturated rings. The van der Waals surface area contributed by atoms with Crippen LogP contribution in [-0.4, -0.2) is 55.9 Å². The second-order valence-electron chi connectivity index (χ2n) is 4.33. The largest absolute Gasteiger partial charge is 0.469 e. The van der Waals surface area contributed by atoms with Crippen LogP contribution in [0.1, 0.15) is 6.42 Å². The predicted octanol–water partition coefficient (Wildman–Crippen LogP) is 0.940. The molecule has 0 aliphatic carbocycles. The standard InChI is InChI=1S/C12H17ClN4O3/c1-14-10-11(13)15-7-16-12(10)17-3-4-20-8(6-17)5-9(18)19-2/h7-8,14H,3-6H2,1-2H3. The number of nitrogens with one attached hydrogen (secondary N) is 1. The van der Waals surface area contributed by atoms with Gasteiger partial charge in [-0.15, -0.1) is 0 Å². The van der Waals surface area contributed by atoms with Crippen molar-refractivity contribution < 1.29 is 14.3 Å². The Bertz CT molecular complexity index is 486. The zero-order valence-electron chi connectivity index (χ0n) is 11.4. The van der Waals surface area contributed by atoms with Crippen molar-refractivity contribution in [3.8, 4) is 0 Å². The predicted molar refractivity (Wildman–Crippen MR) is 75.2 cm³/mol. The maximum absolute atomic E-state index is 11.3. The molecule has 0 saturated carbocycles. The summed E-state index contributed by atoms with van der Waals surface area (Å²) in [5.74, 6) is 0.428. The Morgan fingerprint density at radius 1 is 1.65 bits per heavy atom. The molecule has 110 valence electrons. The van der Waals surface area contributed by atoms with Crippen LogP contribution in [0.4, 0.5) is 11.5 Å². The van der Waals surface area contributed by atoms with Gasteiger partial charge in [0.15, 0.2) is 11.0 Å². The molecule has 8 heteroatoms. The molecule has 0 aromatic carbocycles. The number of ether oxygens (including phenoxy) is 2. The van der Waals surface area contributed by atoms with Crippen molar-refractivity contribution >= 4 is 29.1 Å². The number of esters is 1. The van der Waals surface area contributed by atoms with Crippen molar-refractivity contribution in [2.24, 2.45) is 0 Å². The summed E-state index contributed by atoms with van der Waals surface area (Å²) in [6.07, 6.45) is 1.43. The first kappa shape index (κ1) is 14.8. The maximum atomic E-state index is 11.3. The van der Waals surface area contributed by atoms with E-state index in [0.29, 0.717) is 36.4 Å². The summed E-state index contributed by atoms with van der Waals surface area (Å²) < 4.78 is 10.2. The third-order valence-electron chi connectivity index (χ3n) is 3.09. The Kier molecular flexibility index (Phi) is 4.97. The molecule has 0 amide bonds. The van der Waals surface area contributed by atoms with Crippen LogP contribution in [0.5, 0.6) is 0 Å². The first-order valence-corrected chi connectivity index (χ1v) is 6.65. The minimum atomic E-state index is -0.286. The number of halogens is 1. The van der Waals surface area contributed by atoms with E-state index in [0.717, 1.165) is 0 Å². The number of carbonyl (C=O) groups is 1. The molecular formula is C12H17ClN4O3. The number of hydrogen-bond acceptors (Lipinski definition) is 7. The fourth-order valence-electron chi connectivity index (χ4n) is 2.11. The molecule has 2 heterocycles. The molecule has 1 aliphatic heterocycles. The van der Waals surface area contributed by atoms with Crippen molar-refractivity contribution in [1.29, 1.82) is 0 Å². The Labute approximate surface area is 122 Å². The van der Waals surface area contributed by atoms with Crippen LogP contribution in [-0.2, 0) is 14.3 Å². The van der Waals surface area contributed by atoms with Crippen molar-refractivity contribution in [3.63, 3.8) is 0 Å². The van der Waals surface area contributed by atoms with Gasteiger partial charge in [0.1, 0.15) is 12.0 Å². The monoisotopic (exact) mass is 300 g/mol. The second-order valence-corrected chi connectivity index (χ2v) is 4.69. The van der Waals surface area contributed by atoms with Gasteiger partial charge in [-0.2, -0.15) is 0 Å². The quantitative estimate of drug-likeness (QED) is 0.655. The van der Waals surface area contributed by atoms with Gasteiger partial charge in [-0.05, 0) is 0 Å². The lowest BCUT2D eigenvalue weighted by atomic mass is 10.2. The highest BCUT2D eigenvalue weighted by Crippen LogP contribution is 2.29. The van der Waals surface area contributed by atoms with E-state index in [2.05, 4.69) is 20.0 Å². The van der Waals surface area contributed by atoms with Gasteiger partial charge in [0.2, 0.25) is 0 Å². The van der Waals surface area contributed by atoms with Crippen LogP contribution in [0, 0.1) is 0 Å². The Hall–Kier alpha value is -1.60. The smallest absolute Gasteiger partial charge is 0.308 e. The van der Waals surface area contributed by atoms with Gasteiger partial charge in [-0.25, -0.2) is 9.97 Å². The van der Waals surface area contributed by atoms with Crippen LogP contribution in [0.25, 0.3) is 0 Å². The highest BCUT2D eigenvalue weighted by molar-refractivity contribution is 6.32. The number of aromatic nitrogens is 2. The molecule has 1 unspecified atom stereocenters. The number of morpholine rings is 1. The number of carbonyl (C=O) groups excluding carboxylic acids is 1. The van der Waals surface area contributed by atoms with E-state index in [1.807, 2.05) is 4.90 Å². The average Bonchev–Trinajstić information content (AvgIpc) is 2.47. The number of hydrogen-bond donors (Lipinski definition) is 1. The van der Waals surface area contributed by atoms with Crippen LogP contribution < -0.4 is 10.2 Å². The number of anilines is 2. The molecule has 0 radical (unpaired) electrons. The third-order valence-corrected chi connectivity index (χ3v) is 3.38. The van der Waals surface area contributed by atoms with Gasteiger partial charge in [0.05, 0.1) is 26.2 Å². The number of methoxy groups -OCH3 is 1. The minimum Gasteiger partial charge on any atom is -0.469 e. The fraction of sp³-hybridized carbons (Fsp3) is 0.583. The van der Waals surface area contributed by atoms with Gasteiger partial charge in [0.25, 0.3) is 0 Å². The molecule has 0 bridgehead atoms. The number of rotatable bonds is 4. The third kappa shape index (κ3) is 3.29. The molecule has 0 spiro atoms. The molecule has 1 aromatic heterocycles. The van der Waals surface area contributed by atoms with E-state index in [9.17, 15) is 4.79 Å². The van der Waals surface area contributed by atoms with E-state index >= 15 is 0 Å². The summed E-state index contributed by atoms with van der Waals surface area (Å²) in [5, 5.41) is 3.37. The molecule has 1 saturated heterocycles. The first-order chi connectivity index (χ1) is 9.65. The van der Waals surface area contributed by atoms with Gasteiger partial charge in [-0.1, -0.05) is 11.6 Å². The molecule has 7 nitrogen and oxygen atoms in total. The van der Waals surface area contributed by atoms with E-state index in [1.165, 1.54) is 13.4 Å². The highest BCUT2D eigenvalue weighted by atomic mass is 35.5. The van der Waals surface area contributed by atoms with E-state index in [-0.39, 0.29) is 18.5 Å². The van der Waals surface area contributed by atoms with Crippen LogP contribution in [0.3, 0.4) is 0 Å². The van der Waals surface area contributed by atoms with E-state index < -0.39 is 0 Å². The Balaban J connectivity index is 2.13. The van der Waals surface area contributed by atoms with Crippen LogP contribution >= 0.6 is 11.6 Å². The zero-order valence-corrected chi connectivity index (χ0v) is 12.2. The van der Waals surface area contributed by atoms with Gasteiger partial charge in [-0.3, -0.25) is 4.79 Å². The summed E-state index contributed by atoms with van der Waals surface area (Å²) in [5.41, 5.74) is 0.674. The molecule has 2 rings (SSSR count). The van der Waals surface area contributed by atoms with E-state index in [4.69, 9.17) is 16.3 Å². The average molecular weight is 301 g/mol. The molecule has 1 N–H and O–H groups in total. The lowest BCUT2D eigenvalue weighted by Gasteiger charge is -2.34. The molecule has 1 aliphatic rings. The summed E-state index contributed by atoms with van der Waals surface area (Å²) in [6, 6.07) is 0. The fourth-order valence-corrected chi connectivity index (χ4v) is 2.34. The molecule has 1 aromatic rings.